The number of anilines is 1. The highest BCUT2D eigenvalue weighted by Crippen LogP contribution is 2.37. The second-order valence-corrected chi connectivity index (χ2v) is 8.39. The van der Waals surface area contributed by atoms with E-state index in [1.165, 1.54) is 40.9 Å². The Balaban J connectivity index is 1.58. The number of carbonyl (C=O) groups excluding carboxylic acids is 2. The zero-order chi connectivity index (χ0) is 22.0. The van der Waals surface area contributed by atoms with Crippen LogP contribution in [0.3, 0.4) is 0 Å². The Kier molecular flexibility index (Phi) is 6.25. The van der Waals surface area contributed by atoms with Crippen molar-refractivity contribution in [2.45, 2.75) is 18.0 Å². The molecule has 8 heteroatoms. The smallest absolute Gasteiger partial charge is 0.251 e. The summed E-state index contributed by atoms with van der Waals surface area (Å²) in [5, 5.41) is 2.98. The molecule has 1 heterocycles. The molecule has 4 nitrogen and oxygen atoms in total. The van der Waals surface area contributed by atoms with Crippen LogP contribution in [-0.2, 0) is 17.9 Å². The molecule has 3 aromatic rings. The van der Waals surface area contributed by atoms with Gasteiger partial charge in [0.15, 0.2) is 0 Å². The average molecular weight is 459 g/mol. The van der Waals surface area contributed by atoms with Gasteiger partial charge in [-0.05, 0) is 48.0 Å². The Morgan fingerprint density at radius 1 is 1.10 bits per heavy atom. The second kappa shape index (κ2) is 9.08. The van der Waals surface area contributed by atoms with E-state index in [0.29, 0.717) is 16.8 Å². The number of hydrogen-bond donors (Lipinski definition) is 1. The summed E-state index contributed by atoms with van der Waals surface area (Å²) in [4.78, 5) is 27.5. The number of nitrogens with one attached hydrogen (secondary N) is 1. The van der Waals surface area contributed by atoms with E-state index in [1.54, 1.807) is 36.4 Å². The monoisotopic (exact) mass is 458 g/mol. The molecule has 2 amide bonds. The lowest BCUT2D eigenvalue weighted by atomic mass is 10.1. The van der Waals surface area contributed by atoms with Crippen molar-refractivity contribution in [1.82, 2.24) is 5.32 Å². The highest BCUT2D eigenvalue weighted by atomic mass is 35.5. The minimum absolute atomic E-state index is 0.0355. The standard InChI is InChI=1S/C23H17ClF2N2O2S/c24-18-5-2-6-19(26)17(18)12-28-20-10-15(7-8-21(20)31-13-22(28)29)23(30)27-11-14-3-1-4-16(25)9-14/h1-10H,11-13H2,(H,27,30). The molecule has 0 fully saturated rings. The van der Waals surface area contributed by atoms with E-state index in [0.717, 1.165) is 4.90 Å². The minimum atomic E-state index is -0.496. The highest BCUT2D eigenvalue weighted by Gasteiger charge is 2.27. The maximum Gasteiger partial charge on any atom is 0.251 e. The molecule has 3 aromatic carbocycles. The summed E-state index contributed by atoms with van der Waals surface area (Å²) in [6, 6.07) is 15.4. The molecule has 0 saturated heterocycles. The van der Waals surface area contributed by atoms with Crippen LogP contribution in [0, 0.1) is 11.6 Å². The van der Waals surface area contributed by atoms with Crippen molar-refractivity contribution in [3.63, 3.8) is 0 Å². The SMILES string of the molecule is O=C(NCc1cccc(F)c1)c1ccc2c(c1)N(Cc1c(F)cccc1Cl)C(=O)CS2. The molecule has 158 valence electrons. The van der Waals surface area contributed by atoms with Crippen LogP contribution in [0.5, 0.6) is 0 Å². The van der Waals surface area contributed by atoms with Crippen LogP contribution in [0.4, 0.5) is 14.5 Å². The third-order valence-corrected chi connectivity index (χ3v) is 6.29. The molecular formula is C23H17ClF2N2O2S. The van der Waals surface area contributed by atoms with Gasteiger partial charge in [0.05, 0.1) is 18.0 Å². The third-order valence-electron chi connectivity index (χ3n) is 4.88. The molecule has 1 N–H and O–H groups in total. The van der Waals surface area contributed by atoms with E-state index in [2.05, 4.69) is 5.32 Å². The molecule has 0 saturated carbocycles. The summed E-state index contributed by atoms with van der Waals surface area (Å²) in [6.45, 7) is 0.127. The lowest BCUT2D eigenvalue weighted by Crippen LogP contribution is -2.35. The van der Waals surface area contributed by atoms with Crippen LogP contribution >= 0.6 is 23.4 Å². The number of amides is 2. The fourth-order valence-corrected chi connectivity index (χ4v) is 4.43. The molecule has 0 radical (unpaired) electrons. The normalized spacial score (nSPS) is 13.1. The van der Waals surface area contributed by atoms with Crippen LogP contribution in [-0.4, -0.2) is 17.6 Å². The first-order chi connectivity index (χ1) is 14.9. The van der Waals surface area contributed by atoms with Crippen LogP contribution < -0.4 is 10.2 Å². The Labute approximate surface area is 187 Å². The number of hydrogen-bond acceptors (Lipinski definition) is 3. The van der Waals surface area contributed by atoms with E-state index in [-0.39, 0.29) is 47.1 Å². The molecular weight excluding hydrogens is 442 g/mol. The van der Waals surface area contributed by atoms with Crippen molar-refractivity contribution in [2.75, 3.05) is 10.7 Å². The van der Waals surface area contributed by atoms with Crippen molar-refractivity contribution in [3.8, 4) is 0 Å². The highest BCUT2D eigenvalue weighted by molar-refractivity contribution is 8.00. The zero-order valence-corrected chi connectivity index (χ0v) is 17.8. The van der Waals surface area contributed by atoms with Crippen LogP contribution in [0.1, 0.15) is 21.5 Å². The number of carbonyl (C=O) groups is 2. The van der Waals surface area contributed by atoms with Gasteiger partial charge in [0.2, 0.25) is 5.91 Å². The van der Waals surface area contributed by atoms with E-state index in [4.69, 9.17) is 11.6 Å². The van der Waals surface area contributed by atoms with Gasteiger partial charge in [-0.25, -0.2) is 8.78 Å². The van der Waals surface area contributed by atoms with Crippen LogP contribution in [0.25, 0.3) is 0 Å². The number of nitrogens with zero attached hydrogens (tertiary/aromatic N) is 1. The predicted octanol–water partition coefficient (Wildman–Crippen LogP) is 5.19. The van der Waals surface area contributed by atoms with Gasteiger partial charge in [-0.2, -0.15) is 0 Å². The Morgan fingerprint density at radius 2 is 1.90 bits per heavy atom. The van der Waals surface area contributed by atoms with Crippen molar-refractivity contribution in [2.24, 2.45) is 0 Å². The third kappa shape index (κ3) is 4.73. The zero-order valence-electron chi connectivity index (χ0n) is 16.2. The summed E-state index contributed by atoms with van der Waals surface area (Å²) in [6.07, 6.45) is 0. The molecule has 1 aliphatic heterocycles. The fraction of sp³-hybridized carbons (Fsp3) is 0.130. The lowest BCUT2D eigenvalue weighted by Gasteiger charge is -2.30. The molecule has 0 bridgehead atoms. The Bertz CT molecular complexity index is 1150. The van der Waals surface area contributed by atoms with E-state index < -0.39 is 5.82 Å². The largest absolute Gasteiger partial charge is 0.348 e. The first-order valence-corrected chi connectivity index (χ1v) is 10.8. The summed E-state index contributed by atoms with van der Waals surface area (Å²) >= 11 is 7.50. The summed E-state index contributed by atoms with van der Waals surface area (Å²) in [5.74, 6) is -1.22. The van der Waals surface area contributed by atoms with Gasteiger partial charge in [-0.15, -0.1) is 11.8 Å². The number of rotatable bonds is 5. The van der Waals surface area contributed by atoms with Gasteiger partial charge >= 0.3 is 0 Å². The number of fused-ring (bicyclic) bond motifs is 1. The topological polar surface area (TPSA) is 49.4 Å². The first-order valence-electron chi connectivity index (χ1n) is 9.45. The lowest BCUT2D eigenvalue weighted by molar-refractivity contribution is -0.116. The summed E-state index contributed by atoms with van der Waals surface area (Å²) in [7, 11) is 0. The van der Waals surface area contributed by atoms with Crippen molar-refractivity contribution in [3.05, 3.63) is 94.0 Å². The maximum absolute atomic E-state index is 14.3. The fourth-order valence-electron chi connectivity index (χ4n) is 3.29. The van der Waals surface area contributed by atoms with Gasteiger partial charge in [0.1, 0.15) is 11.6 Å². The van der Waals surface area contributed by atoms with Gasteiger partial charge in [0, 0.05) is 27.6 Å². The molecule has 0 atom stereocenters. The molecule has 4 rings (SSSR count). The summed E-state index contributed by atoms with van der Waals surface area (Å²) < 4.78 is 27.6. The molecule has 0 unspecified atom stereocenters. The van der Waals surface area contributed by atoms with Gasteiger partial charge in [-0.3, -0.25) is 9.59 Å². The van der Waals surface area contributed by atoms with Crippen molar-refractivity contribution in [1.29, 1.82) is 0 Å². The molecule has 31 heavy (non-hydrogen) atoms. The van der Waals surface area contributed by atoms with E-state index >= 15 is 0 Å². The Morgan fingerprint density at radius 3 is 2.68 bits per heavy atom. The van der Waals surface area contributed by atoms with E-state index in [9.17, 15) is 18.4 Å². The van der Waals surface area contributed by atoms with Gasteiger partial charge in [0.25, 0.3) is 5.91 Å². The quantitative estimate of drug-likeness (QED) is 0.572. The predicted molar refractivity (Wildman–Crippen MR) is 117 cm³/mol. The van der Waals surface area contributed by atoms with Crippen LogP contribution in [0.15, 0.2) is 65.6 Å². The molecule has 1 aliphatic rings. The number of thioether (sulfide) groups is 1. The number of halogens is 3. The second-order valence-electron chi connectivity index (χ2n) is 6.96. The summed E-state index contributed by atoms with van der Waals surface area (Å²) in [5.41, 5.74) is 1.72. The average Bonchev–Trinajstić information content (AvgIpc) is 2.75. The maximum atomic E-state index is 14.3. The van der Waals surface area contributed by atoms with Gasteiger partial charge in [-0.1, -0.05) is 29.8 Å². The molecule has 0 spiro atoms. The van der Waals surface area contributed by atoms with Crippen LogP contribution in [0.2, 0.25) is 5.02 Å². The van der Waals surface area contributed by atoms with Crippen molar-refractivity contribution < 1.29 is 18.4 Å². The first kappa shape index (κ1) is 21.3. The van der Waals surface area contributed by atoms with E-state index in [1.807, 2.05) is 0 Å². The minimum Gasteiger partial charge on any atom is -0.348 e. The van der Waals surface area contributed by atoms with Gasteiger partial charge < -0.3 is 10.2 Å². The molecule has 0 aliphatic carbocycles. The van der Waals surface area contributed by atoms with Crippen molar-refractivity contribution >= 4 is 40.9 Å². The molecule has 0 aromatic heterocycles. The number of benzene rings is 3. The Hall–Kier alpha value is -2.90.